The van der Waals surface area contributed by atoms with Gasteiger partial charge in [-0.15, -0.1) is 11.3 Å². The highest BCUT2D eigenvalue weighted by Gasteiger charge is 2.21. The third-order valence-corrected chi connectivity index (χ3v) is 5.92. The summed E-state index contributed by atoms with van der Waals surface area (Å²) in [5, 5.41) is 0.876. The predicted molar refractivity (Wildman–Crippen MR) is 111 cm³/mol. The highest BCUT2D eigenvalue weighted by atomic mass is 32.1. The summed E-state index contributed by atoms with van der Waals surface area (Å²) in [6, 6.07) is 14.7. The maximum absolute atomic E-state index is 12.3. The quantitative estimate of drug-likeness (QED) is 0.439. The average Bonchev–Trinajstić information content (AvgIpc) is 3.36. The molecule has 0 aliphatic carbocycles. The molecule has 1 amide bonds. The van der Waals surface area contributed by atoms with Crippen molar-refractivity contribution in [2.75, 3.05) is 18.1 Å². The van der Waals surface area contributed by atoms with Crippen LogP contribution in [0.15, 0.2) is 48.5 Å². The van der Waals surface area contributed by atoms with Gasteiger partial charge in [-0.05, 0) is 42.8 Å². The monoisotopic (exact) mass is 408 g/mol. The van der Waals surface area contributed by atoms with E-state index in [4.69, 9.17) is 4.74 Å². The largest absolute Gasteiger partial charge is 0.457 e. The molecule has 1 aliphatic heterocycles. The van der Waals surface area contributed by atoms with Gasteiger partial charge in [0.25, 0.3) is 0 Å². The Kier molecular flexibility index (Phi) is 5.67. The molecule has 1 saturated heterocycles. The summed E-state index contributed by atoms with van der Waals surface area (Å²) < 4.78 is 6.21. The number of amides is 1. The summed E-state index contributed by atoms with van der Waals surface area (Å²) in [7, 11) is 0. The SMILES string of the molecule is O=C(CCc1nc2ccccc2s1)OCC(=O)c1ccc(N2CCCC2=O)cc1. The van der Waals surface area contributed by atoms with E-state index in [0.29, 0.717) is 24.9 Å². The van der Waals surface area contributed by atoms with Gasteiger partial charge >= 0.3 is 5.97 Å². The molecule has 6 nitrogen and oxygen atoms in total. The van der Waals surface area contributed by atoms with Crippen molar-refractivity contribution in [2.45, 2.75) is 25.7 Å². The highest BCUT2D eigenvalue weighted by molar-refractivity contribution is 7.18. The number of aromatic nitrogens is 1. The van der Waals surface area contributed by atoms with Crippen molar-refractivity contribution in [1.29, 1.82) is 0 Å². The van der Waals surface area contributed by atoms with Gasteiger partial charge in [0, 0.05) is 30.6 Å². The number of esters is 1. The number of ether oxygens (including phenoxy) is 1. The molecule has 0 bridgehead atoms. The molecule has 1 fully saturated rings. The van der Waals surface area contributed by atoms with Crippen molar-refractivity contribution in [3.63, 3.8) is 0 Å². The Labute approximate surface area is 172 Å². The molecule has 4 rings (SSSR count). The second kappa shape index (κ2) is 8.53. The van der Waals surface area contributed by atoms with Crippen LogP contribution in [-0.2, 0) is 20.7 Å². The van der Waals surface area contributed by atoms with Gasteiger partial charge in [0.1, 0.15) is 0 Å². The molecule has 7 heteroatoms. The van der Waals surface area contributed by atoms with Crippen molar-refractivity contribution in [3.8, 4) is 0 Å². The fourth-order valence-electron chi connectivity index (χ4n) is 3.29. The first-order chi connectivity index (χ1) is 14.1. The molecule has 0 spiro atoms. The molecule has 2 aromatic carbocycles. The van der Waals surface area contributed by atoms with E-state index in [-0.39, 0.29) is 24.7 Å². The molecule has 29 heavy (non-hydrogen) atoms. The molecule has 1 aromatic heterocycles. The van der Waals surface area contributed by atoms with Gasteiger partial charge in [-0.2, -0.15) is 0 Å². The Bertz CT molecular complexity index is 1030. The second-order valence-electron chi connectivity index (χ2n) is 6.85. The van der Waals surface area contributed by atoms with Gasteiger partial charge in [0.15, 0.2) is 12.4 Å². The van der Waals surface area contributed by atoms with E-state index in [2.05, 4.69) is 4.98 Å². The van der Waals surface area contributed by atoms with E-state index in [9.17, 15) is 14.4 Å². The minimum Gasteiger partial charge on any atom is -0.457 e. The number of hydrogen-bond donors (Lipinski definition) is 0. The number of benzene rings is 2. The lowest BCUT2D eigenvalue weighted by Gasteiger charge is -2.15. The molecule has 0 N–H and O–H groups in total. The second-order valence-corrected chi connectivity index (χ2v) is 7.97. The molecule has 0 saturated carbocycles. The summed E-state index contributed by atoms with van der Waals surface area (Å²) in [6.07, 6.45) is 2.09. The number of ketones is 1. The van der Waals surface area contributed by atoms with Crippen LogP contribution in [0.1, 0.15) is 34.6 Å². The molecule has 2 heterocycles. The standard InChI is InChI=1S/C22H20N2O4S/c25-18(15-7-9-16(10-8-15)24-13-3-6-21(24)26)14-28-22(27)12-11-20-23-17-4-1-2-5-19(17)29-20/h1-2,4-5,7-10H,3,6,11-14H2. The topological polar surface area (TPSA) is 76.6 Å². The number of fused-ring (bicyclic) bond motifs is 1. The molecule has 0 unspecified atom stereocenters. The Morgan fingerprint density at radius 1 is 1.10 bits per heavy atom. The van der Waals surface area contributed by atoms with Gasteiger partial charge in [-0.3, -0.25) is 14.4 Å². The minimum atomic E-state index is -0.420. The number of rotatable bonds is 7. The Morgan fingerprint density at radius 3 is 2.62 bits per heavy atom. The fourth-order valence-corrected chi connectivity index (χ4v) is 4.25. The van der Waals surface area contributed by atoms with Crippen molar-refractivity contribution in [2.24, 2.45) is 0 Å². The van der Waals surface area contributed by atoms with Crippen molar-refractivity contribution >= 4 is 44.9 Å². The van der Waals surface area contributed by atoms with E-state index in [1.807, 2.05) is 24.3 Å². The molecule has 1 aliphatic rings. The Hall–Kier alpha value is -3.06. The smallest absolute Gasteiger partial charge is 0.306 e. The van der Waals surface area contributed by atoms with Gasteiger partial charge < -0.3 is 9.64 Å². The van der Waals surface area contributed by atoms with Crippen LogP contribution in [0.4, 0.5) is 5.69 Å². The number of Topliss-reactive ketones (excluding diaryl/α,β-unsaturated/α-hetero) is 1. The third-order valence-electron chi connectivity index (χ3n) is 4.82. The lowest BCUT2D eigenvalue weighted by Crippen LogP contribution is -2.23. The molecule has 0 radical (unpaired) electrons. The predicted octanol–water partition coefficient (Wildman–Crippen LogP) is 3.78. The van der Waals surface area contributed by atoms with Gasteiger partial charge in [-0.25, -0.2) is 4.98 Å². The summed E-state index contributed by atoms with van der Waals surface area (Å²) in [6.45, 7) is 0.416. The fraction of sp³-hybridized carbons (Fsp3) is 0.273. The summed E-state index contributed by atoms with van der Waals surface area (Å²) in [4.78, 5) is 42.3. The van der Waals surface area contributed by atoms with Gasteiger partial charge in [0.2, 0.25) is 5.91 Å². The minimum absolute atomic E-state index is 0.103. The Balaban J connectivity index is 1.26. The van der Waals surface area contributed by atoms with E-state index in [1.54, 1.807) is 40.5 Å². The molecular weight excluding hydrogens is 388 g/mol. The van der Waals surface area contributed by atoms with Crippen LogP contribution in [-0.4, -0.2) is 35.8 Å². The number of nitrogens with zero attached hydrogens (tertiary/aromatic N) is 2. The van der Waals surface area contributed by atoms with E-state index in [0.717, 1.165) is 27.3 Å². The summed E-state index contributed by atoms with van der Waals surface area (Å²) in [5.74, 6) is -0.583. The third kappa shape index (κ3) is 4.51. The van der Waals surface area contributed by atoms with E-state index < -0.39 is 5.97 Å². The van der Waals surface area contributed by atoms with Crippen LogP contribution in [0.25, 0.3) is 10.2 Å². The van der Waals surface area contributed by atoms with E-state index in [1.165, 1.54) is 0 Å². The number of thiazole rings is 1. The van der Waals surface area contributed by atoms with E-state index >= 15 is 0 Å². The lowest BCUT2D eigenvalue weighted by molar-refractivity contribution is -0.142. The van der Waals surface area contributed by atoms with Crippen LogP contribution in [0.5, 0.6) is 0 Å². The molecule has 148 valence electrons. The van der Waals surface area contributed by atoms with Gasteiger partial charge in [-0.1, -0.05) is 12.1 Å². The van der Waals surface area contributed by atoms with Gasteiger partial charge in [0.05, 0.1) is 21.6 Å². The summed E-state index contributed by atoms with van der Waals surface area (Å²) >= 11 is 1.56. The van der Waals surface area contributed by atoms with Crippen LogP contribution in [0, 0.1) is 0 Å². The number of carbonyl (C=O) groups is 3. The zero-order chi connectivity index (χ0) is 20.2. The number of aryl methyl sites for hydroxylation is 1. The highest BCUT2D eigenvalue weighted by Crippen LogP contribution is 2.23. The van der Waals surface area contributed by atoms with Crippen LogP contribution >= 0.6 is 11.3 Å². The maximum Gasteiger partial charge on any atom is 0.306 e. The molecule has 3 aromatic rings. The zero-order valence-electron chi connectivity index (χ0n) is 15.8. The first-order valence-corrected chi connectivity index (χ1v) is 10.4. The lowest BCUT2D eigenvalue weighted by atomic mass is 10.1. The van der Waals surface area contributed by atoms with Crippen molar-refractivity contribution < 1.29 is 19.1 Å². The number of para-hydroxylation sites is 1. The van der Waals surface area contributed by atoms with Crippen molar-refractivity contribution in [1.82, 2.24) is 4.98 Å². The zero-order valence-corrected chi connectivity index (χ0v) is 16.6. The summed E-state index contributed by atoms with van der Waals surface area (Å²) in [5.41, 5.74) is 2.17. The van der Waals surface area contributed by atoms with Crippen LogP contribution < -0.4 is 4.90 Å². The number of carbonyl (C=O) groups excluding carboxylic acids is 3. The number of hydrogen-bond acceptors (Lipinski definition) is 6. The average molecular weight is 408 g/mol. The first-order valence-electron chi connectivity index (χ1n) is 9.54. The normalized spacial score (nSPS) is 13.8. The Morgan fingerprint density at radius 2 is 1.90 bits per heavy atom. The van der Waals surface area contributed by atoms with Crippen molar-refractivity contribution in [3.05, 3.63) is 59.1 Å². The first kappa shape index (κ1) is 19.3. The molecular formula is C22H20N2O4S. The molecule has 0 atom stereocenters. The maximum atomic E-state index is 12.3. The number of anilines is 1. The van der Waals surface area contributed by atoms with Crippen LogP contribution in [0.3, 0.4) is 0 Å². The van der Waals surface area contributed by atoms with Crippen LogP contribution in [0.2, 0.25) is 0 Å².